The topological polar surface area (TPSA) is 73.8 Å². The van der Waals surface area contributed by atoms with Crippen LogP contribution in [0.5, 0.6) is 5.75 Å². The van der Waals surface area contributed by atoms with Crippen molar-refractivity contribution in [3.05, 3.63) is 88.7 Å². The highest BCUT2D eigenvalue weighted by molar-refractivity contribution is 7.99. The first-order valence-electron chi connectivity index (χ1n) is 19.5. The Bertz CT molecular complexity index is 1800. The van der Waals surface area contributed by atoms with Gasteiger partial charge in [0, 0.05) is 41.7 Å². The van der Waals surface area contributed by atoms with Crippen molar-refractivity contribution in [3.63, 3.8) is 0 Å². The third-order valence-electron chi connectivity index (χ3n) is 13.0. The average molecular weight is 775 g/mol. The van der Waals surface area contributed by atoms with E-state index in [4.69, 9.17) is 25.5 Å². The van der Waals surface area contributed by atoms with E-state index in [1.807, 2.05) is 42.7 Å². The van der Waals surface area contributed by atoms with Gasteiger partial charge in [-0.3, -0.25) is 0 Å². The first kappa shape index (κ1) is 38.4. The summed E-state index contributed by atoms with van der Waals surface area (Å²) in [5.41, 5.74) is 4.02. The number of benzene rings is 2. The van der Waals surface area contributed by atoms with E-state index in [-0.39, 0.29) is 22.5 Å². The largest absolute Gasteiger partial charge is 0.490 e. The third-order valence-corrected chi connectivity index (χ3v) is 18.8. The first-order chi connectivity index (χ1) is 25.4. The maximum absolute atomic E-state index is 12.8. The van der Waals surface area contributed by atoms with E-state index in [9.17, 15) is 4.79 Å². The molecule has 6 atom stereocenters. The van der Waals surface area contributed by atoms with Crippen LogP contribution in [0.15, 0.2) is 72.2 Å². The Morgan fingerprint density at radius 3 is 2.60 bits per heavy atom. The van der Waals surface area contributed by atoms with Gasteiger partial charge < -0.3 is 18.8 Å². The summed E-state index contributed by atoms with van der Waals surface area (Å²) in [5, 5.41) is 1.76. The molecule has 0 amide bonds. The summed E-state index contributed by atoms with van der Waals surface area (Å²) >= 11 is 8.29. The number of ether oxygens (including phenoxy) is 2. The van der Waals surface area contributed by atoms with Crippen LogP contribution in [0, 0.1) is 23.7 Å². The van der Waals surface area contributed by atoms with Crippen LogP contribution in [0.25, 0.3) is 0 Å². The maximum Gasteiger partial charge on any atom is 0.337 e. The fourth-order valence-electron chi connectivity index (χ4n) is 8.53. The van der Waals surface area contributed by atoms with Gasteiger partial charge in [-0.05, 0) is 134 Å². The number of esters is 1. The van der Waals surface area contributed by atoms with Crippen molar-refractivity contribution < 1.29 is 18.7 Å². The molecule has 4 aliphatic rings. The molecule has 1 unspecified atom stereocenters. The third kappa shape index (κ3) is 8.24. The fraction of sp³-hybridized carbons (Fsp3) is 0.558. The quantitative estimate of drug-likeness (QED) is 0.0627. The normalized spacial score (nSPS) is 26.1. The van der Waals surface area contributed by atoms with Crippen LogP contribution in [-0.2, 0) is 21.0 Å². The Kier molecular flexibility index (Phi) is 11.4. The number of carbonyl (C=O) groups is 1. The number of allylic oxidation sites excluding steroid dienone is 1. The van der Waals surface area contributed by atoms with Crippen molar-refractivity contribution in [1.82, 2.24) is 9.97 Å². The van der Waals surface area contributed by atoms with Gasteiger partial charge in [0.15, 0.2) is 13.5 Å². The maximum atomic E-state index is 12.8. The number of hydrogen-bond donors (Lipinski definition) is 0. The lowest BCUT2D eigenvalue weighted by Gasteiger charge is -2.48. The lowest BCUT2D eigenvalue weighted by atomic mass is 9.68. The second-order valence-electron chi connectivity index (χ2n) is 17.4. The summed E-state index contributed by atoms with van der Waals surface area (Å²) in [7, 11) is -0.626. The molecule has 2 saturated carbocycles. The number of aryl methyl sites for hydroxylation is 1. The molecule has 0 N–H and O–H groups in total. The Morgan fingerprint density at radius 2 is 1.91 bits per heavy atom. The van der Waals surface area contributed by atoms with Gasteiger partial charge in [0.05, 0.1) is 31.1 Å². The van der Waals surface area contributed by atoms with E-state index >= 15 is 0 Å². The van der Waals surface area contributed by atoms with Gasteiger partial charge in [-0.2, -0.15) is 0 Å². The molecule has 0 radical (unpaired) electrons. The minimum atomic E-state index is -2.07. The van der Waals surface area contributed by atoms with Gasteiger partial charge in [0.1, 0.15) is 5.75 Å². The van der Waals surface area contributed by atoms with Crippen LogP contribution in [0.2, 0.25) is 23.2 Å². The minimum absolute atomic E-state index is 0.0663. The van der Waals surface area contributed by atoms with Crippen molar-refractivity contribution in [1.29, 1.82) is 0 Å². The van der Waals surface area contributed by atoms with E-state index in [1.165, 1.54) is 31.1 Å². The summed E-state index contributed by atoms with van der Waals surface area (Å²) in [6.07, 6.45) is 16.6. The molecule has 2 fully saturated rings. The molecular formula is C43H56ClN3O4SSi. The van der Waals surface area contributed by atoms with Crippen molar-refractivity contribution in [2.75, 3.05) is 37.5 Å². The number of hydrogen-bond acceptors (Lipinski definition) is 8. The Morgan fingerprint density at radius 1 is 1.11 bits per heavy atom. The molecule has 3 aromatic rings. The van der Waals surface area contributed by atoms with Crippen LogP contribution in [0.4, 0.5) is 5.69 Å². The zero-order valence-corrected chi connectivity index (χ0v) is 34.8. The smallest absolute Gasteiger partial charge is 0.337 e. The summed E-state index contributed by atoms with van der Waals surface area (Å²) in [5.74, 6) is 3.58. The average Bonchev–Trinajstić information content (AvgIpc) is 3.25. The van der Waals surface area contributed by atoms with Crippen molar-refractivity contribution in [3.8, 4) is 5.75 Å². The van der Waals surface area contributed by atoms with Crippen LogP contribution in [0.1, 0.15) is 80.8 Å². The molecule has 7 nitrogen and oxygen atoms in total. The Labute approximate surface area is 326 Å². The van der Waals surface area contributed by atoms with Gasteiger partial charge in [-0.25, -0.2) is 14.8 Å². The van der Waals surface area contributed by atoms with Crippen molar-refractivity contribution in [2.24, 2.45) is 23.7 Å². The van der Waals surface area contributed by atoms with Gasteiger partial charge >= 0.3 is 5.97 Å². The SMILES string of the molecule is COC(=O)c1ccc2c(c1)N(C[C@@H]1CC[C@H]1[C@H](/C=C\[C@H]1CC[C@@H]1CSc1ncccn1)O[Si](C)(C)C(C)(C)C)CC1(CCCc3cc(Cl)ccc31)CO2. The second-order valence-corrected chi connectivity index (χ2v) is 23.5. The number of fused-ring (bicyclic) bond motifs is 3. The highest BCUT2D eigenvalue weighted by Gasteiger charge is 2.47. The van der Waals surface area contributed by atoms with Gasteiger partial charge in [-0.1, -0.05) is 62.4 Å². The molecule has 2 heterocycles. The number of halogens is 1. The molecule has 3 aliphatic carbocycles. The number of carbonyl (C=O) groups excluding carboxylic acids is 1. The van der Waals surface area contributed by atoms with E-state index in [0.29, 0.717) is 35.8 Å². The number of aromatic nitrogens is 2. The van der Waals surface area contributed by atoms with Gasteiger partial charge in [-0.15, -0.1) is 0 Å². The van der Waals surface area contributed by atoms with Gasteiger partial charge in [0.25, 0.3) is 0 Å². The Hall–Kier alpha value is -2.85. The molecule has 10 heteroatoms. The Balaban J connectivity index is 1.16. The highest BCUT2D eigenvalue weighted by atomic mass is 35.5. The lowest BCUT2D eigenvalue weighted by molar-refractivity contribution is 0.0519. The van der Waals surface area contributed by atoms with E-state index in [1.54, 1.807) is 11.8 Å². The minimum Gasteiger partial charge on any atom is -0.490 e. The molecule has 53 heavy (non-hydrogen) atoms. The molecule has 1 spiro atoms. The number of thioether (sulfide) groups is 1. The second kappa shape index (κ2) is 15.7. The number of anilines is 1. The summed E-state index contributed by atoms with van der Waals surface area (Å²) in [4.78, 5) is 24.2. The standard InChI is InChI=1S/C43H56ClN3O4SSi/c1-42(2,3)53(5,6)51-38(18-13-29-10-11-33(29)26-52-41-45-21-8-22-46-41)35-16-12-32(35)25-47-27-43(20-7-9-30-23-34(44)15-17-36(30)43)28-50-39-19-14-31(24-37(39)47)40(48)49-4/h8,13-15,17-19,21-24,29,32-33,35,38H,7,9-12,16,20,25-28H2,1-6H3/b18-13-/t29-,32+,33-,35-,38+,43?/m1/s1. The van der Waals surface area contributed by atoms with Crippen LogP contribution < -0.4 is 9.64 Å². The van der Waals surface area contributed by atoms with E-state index in [2.05, 4.69) is 73.0 Å². The highest BCUT2D eigenvalue weighted by Crippen LogP contribution is 2.49. The van der Waals surface area contributed by atoms with Crippen LogP contribution in [-0.4, -0.2) is 62.9 Å². The summed E-state index contributed by atoms with van der Waals surface area (Å²) in [6.45, 7) is 14.1. The van der Waals surface area contributed by atoms with Crippen LogP contribution >= 0.6 is 23.4 Å². The number of methoxy groups -OCH3 is 1. The summed E-state index contributed by atoms with van der Waals surface area (Å²) < 4.78 is 19.2. The molecule has 1 aromatic heterocycles. The zero-order valence-electron chi connectivity index (χ0n) is 32.3. The molecule has 0 saturated heterocycles. The number of rotatable bonds is 11. The fourth-order valence-corrected chi connectivity index (χ4v) is 11.1. The van der Waals surface area contributed by atoms with E-state index < -0.39 is 8.32 Å². The predicted molar refractivity (Wildman–Crippen MR) is 218 cm³/mol. The van der Waals surface area contributed by atoms with E-state index in [0.717, 1.165) is 72.6 Å². The first-order valence-corrected chi connectivity index (χ1v) is 23.8. The van der Waals surface area contributed by atoms with Gasteiger partial charge in [0.2, 0.25) is 0 Å². The monoisotopic (exact) mass is 773 g/mol. The number of nitrogens with zero attached hydrogens (tertiary/aromatic N) is 3. The molecular weight excluding hydrogens is 718 g/mol. The molecule has 7 rings (SSSR count). The summed E-state index contributed by atoms with van der Waals surface area (Å²) in [6, 6.07) is 14.1. The molecule has 284 valence electrons. The molecule has 2 aromatic carbocycles. The lowest BCUT2D eigenvalue weighted by Crippen LogP contribution is -2.52. The molecule has 1 aliphatic heterocycles. The molecule has 0 bridgehead atoms. The van der Waals surface area contributed by atoms with Crippen molar-refractivity contribution >= 4 is 43.3 Å². The zero-order chi connectivity index (χ0) is 37.4. The van der Waals surface area contributed by atoms with Crippen molar-refractivity contribution in [2.45, 2.75) is 101 Å². The van der Waals surface area contributed by atoms with Crippen LogP contribution in [0.3, 0.4) is 0 Å². The predicted octanol–water partition coefficient (Wildman–Crippen LogP) is 10.2.